The number of hydrogen-bond acceptors (Lipinski definition) is 6. The van der Waals surface area contributed by atoms with Gasteiger partial charge in [-0.2, -0.15) is 5.10 Å². The van der Waals surface area contributed by atoms with Crippen molar-refractivity contribution in [3.8, 4) is 5.82 Å². The van der Waals surface area contributed by atoms with Gasteiger partial charge in [-0.25, -0.2) is 9.36 Å². The fourth-order valence-electron chi connectivity index (χ4n) is 3.94. The van der Waals surface area contributed by atoms with E-state index in [0.29, 0.717) is 36.5 Å². The maximum absolute atomic E-state index is 12.9. The Kier molecular flexibility index (Phi) is 4.99. The molecule has 1 aliphatic heterocycles. The van der Waals surface area contributed by atoms with E-state index in [4.69, 9.17) is 0 Å². The van der Waals surface area contributed by atoms with E-state index in [1.165, 1.54) is 10.7 Å². The maximum atomic E-state index is 12.9. The third-order valence-electron chi connectivity index (χ3n) is 5.64. The van der Waals surface area contributed by atoms with Crippen LogP contribution in [0.15, 0.2) is 66.0 Å². The summed E-state index contributed by atoms with van der Waals surface area (Å²) in [5.74, 6) is 0.892. The van der Waals surface area contributed by atoms with Crippen molar-refractivity contribution >= 4 is 16.9 Å². The summed E-state index contributed by atoms with van der Waals surface area (Å²) in [6.45, 7) is 1.83. The van der Waals surface area contributed by atoms with Gasteiger partial charge in [0.25, 0.3) is 11.5 Å². The molecular weight excluding hydrogens is 394 g/mol. The van der Waals surface area contributed by atoms with Crippen molar-refractivity contribution in [3.05, 3.63) is 77.1 Å². The molecule has 0 atom stereocenters. The molecule has 0 N–H and O–H groups in total. The monoisotopic (exact) mass is 415 g/mol. The normalized spacial score (nSPS) is 14.8. The Bertz CT molecular complexity index is 1270. The predicted molar refractivity (Wildman–Crippen MR) is 114 cm³/mol. The standard InChI is InChI=1S/C22H21N7O2/c30-21-5-4-20(28-11-1-8-25-28)26-29(21)15-16-6-12-27(13-7-16)22(31)17-2-3-18-19(14-17)24-10-9-23-18/h1-5,8-11,14,16H,6-7,12-13,15H2. The van der Waals surface area contributed by atoms with Crippen LogP contribution in [-0.2, 0) is 6.54 Å². The number of rotatable bonds is 4. The summed E-state index contributed by atoms with van der Waals surface area (Å²) in [4.78, 5) is 35.6. The van der Waals surface area contributed by atoms with E-state index >= 15 is 0 Å². The first-order valence-electron chi connectivity index (χ1n) is 10.3. The Morgan fingerprint density at radius 1 is 1.00 bits per heavy atom. The van der Waals surface area contributed by atoms with Gasteiger partial charge in [-0.15, -0.1) is 5.10 Å². The smallest absolute Gasteiger partial charge is 0.266 e. The van der Waals surface area contributed by atoms with Gasteiger partial charge in [-0.3, -0.25) is 19.6 Å². The van der Waals surface area contributed by atoms with E-state index in [1.807, 2.05) is 17.0 Å². The lowest BCUT2D eigenvalue weighted by Gasteiger charge is -2.32. The van der Waals surface area contributed by atoms with E-state index in [1.54, 1.807) is 47.7 Å². The van der Waals surface area contributed by atoms with Crippen molar-refractivity contribution in [1.29, 1.82) is 0 Å². The van der Waals surface area contributed by atoms with Crippen molar-refractivity contribution in [2.75, 3.05) is 13.1 Å². The van der Waals surface area contributed by atoms with Gasteiger partial charge in [0.1, 0.15) is 0 Å². The molecule has 1 aliphatic rings. The minimum absolute atomic E-state index is 0.00183. The van der Waals surface area contributed by atoms with Crippen molar-refractivity contribution in [3.63, 3.8) is 0 Å². The average molecular weight is 415 g/mol. The summed E-state index contributed by atoms with van der Waals surface area (Å²) in [5, 5.41) is 8.62. The Hall–Kier alpha value is -3.88. The average Bonchev–Trinajstić information content (AvgIpc) is 3.35. The molecule has 4 aromatic rings. The van der Waals surface area contributed by atoms with E-state index in [2.05, 4.69) is 20.2 Å². The van der Waals surface area contributed by atoms with Crippen LogP contribution in [0.5, 0.6) is 0 Å². The topological polar surface area (TPSA) is 98.8 Å². The Balaban J connectivity index is 1.25. The number of piperidine rings is 1. The lowest BCUT2D eigenvalue weighted by molar-refractivity contribution is 0.0680. The molecule has 0 aliphatic carbocycles. The molecule has 5 rings (SSSR count). The van der Waals surface area contributed by atoms with Crippen molar-refractivity contribution in [2.24, 2.45) is 5.92 Å². The van der Waals surface area contributed by atoms with Crippen molar-refractivity contribution in [1.82, 2.24) is 34.4 Å². The summed E-state index contributed by atoms with van der Waals surface area (Å²) in [7, 11) is 0. The molecule has 1 fully saturated rings. The Morgan fingerprint density at radius 2 is 1.81 bits per heavy atom. The van der Waals surface area contributed by atoms with Gasteiger partial charge in [0, 0.05) is 56.1 Å². The first-order valence-corrected chi connectivity index (χ1v) is 10.3. The molecule has 0 radical (unpaired) electrons. The number of carbonyl (C=O) groups is 1. The van der Waals surface area contributed by atoms with Gasteiger partial charge >= 0.3 is 0 Å². The van der Waals surface area contributed by atoms with Crippen LogP contribution in [0, 0.1) is 5.92 Å². The van der Waals surface area contributed by atoms with E-state index in [-0.39, 0.29) is 17.4 Å². The highest BCUT2D eigenvalue weighted by Gasteiger charge is 2.24. The Morgan fingerprint density at radius 3 is 2.58 bits per heavy atom. The highest BCUT2D eigenvalue weighted by Crippen LogP contribution is 2.21. The van der Waals surface area contributed by atoms with Gasteiger partial charge in [0.2, 0.25) is 0 Å². The lowest BCUT2D eigenvalue weighted by atomic mass is 9.96. The van der Waals surface area contributed by atoms with Crippen LogP contribution in [0.1, 0.15) is 23.2 Å². The number of hydrogen-bond donors (Lipinski definition) is 0. The molecule has 0 bridgehead atoms. The summed E-state index contributed by atoms with van der Waals surface area (Å²) in [5.41, 5.74) is 1.97. The van der Waals surface area contributed by atoms with Gasteiger partial charge in [-0.05, 0) is 49.1 Å². The molecule has 0 spiro atoms. The number of carbonyl (C=O) groups excluding carboxylic acids is 1. The van der Waals surface area contributed by atoms with E-state index < -0.39 is 0 Å². The van der Waals surface area contributed by atoms with E-state index in [0.717, 1.165) is 18.4 Å². The van der Waals surface area contributed by atoms with Crippen molar-refractivity contribution in [2.45, 2.75) is 19.4 Å². The largest absolute Gasteiger partial charge is 0.339 e. The predicted octanol–water partition coefficient (Wildman–Crippen LogP) is 1.92. The van der Waals surface area contributed by atoms with Gasteiger partial charge in [-0.1, -0.05) is 0 Å². The number of nitrogens with zero attached hydrogens (tertiary/aromatic N) is 7. The lowest BCUT2D eigenvalue weighted by Crippen LogP contribution is -2.40. The molecule has 3 aromatic heterocycles. The van der Waals surface area contributed by atoms with Gasteiger partial charge in [0.05, 0.1) is 11.0 Å². The van der Waals surface area contributed by atoms with Crippen LogP contribution in [0.4, 0.5) is 0 Å². The van der Waals surface area contributed by atoms with Crippen LogP contribution in [-0.4, -0.2) is 53.4 Å². The fourth-order valence-corrected chi connectivity index (χ4v) is 3.94. The SMILES string of the molecule is O=C(c1ccc2nccnc2c1)N1CCC(Cn2nc(-n3cccn3)ccc2=O)CC1. The second-order valence-corrected chi connectivity index (χ2v) is 7.66. The number of fused-ring (bicyclic) bond motifs is 1. The zero-order valence-corrected chi connectivity index (χ0v) is 16.8. The number of aromatic nitrogens is 6. The number of benzene rings is 1. The highest BCUT2D eigenvalue weighted by molar-refractivity contribution is 5.97. The summed E-state index contributed by atoms with van der Waals surface area (Å²) >= 11 is 0. The quantitative estimate of drug-likeness (QED) is 0.505. The summed E-state index contributed by atoms with van der Waals surface area (Å²) in [6, 6.07) is 10.4. The van der Waals surface area contributed by atoms with Crippen LogP contribution >= 0.6 is 0 Å². The van der Waals surface area contributed by atoms with Crippen LogP contribution < -0.4 is 5.56 Å². The zero-order chi connectivity index (χ0) is 21.2. The minimum atomic E-state index is -0.133. The third kappa shape index (κ3) is 3.94. The molecular formula is C22H21N7O2. The second-order valence-electron chi connectivity index (χ2n) is 7.66. The van der Waals surface area contributed by atoms with Gasteiger partial charge in [0.15, 0.2) is 5.82 Å². The third-order valence-corrected chi connectivity index (χ3v) is 5.64. The van der Waals surface area contributed by atoms with E-state index in [9.17, 15) is 9.59 Å². The molecule has 1 aromatic carbocycles. The van der Waals surface area contributed by atoms with Crippen LogP contribution in [0.3, 0.4) is 0 Å². The zero-order valence-electron chi connectivity index (χ0n) is 16.8. The van der Waals surface area contributed by atoms with Crippen LogP contribution in [0.2, 0.25) is 0 Å². The molecule has 4 heterocycles. The second kappa shape index (κ2) is 8.10. The molecule has 1 saturated heterocycles. The number of amides is 1. The molecule has 0 unspecified atom stereocenters. The molecule has 1 amide bonds. The molecule has 156 valence electrons. The maximum Gasteiger partial charge on any atom is 0.266 e. The first kappa shape index (κ1) is 19.1. The molecule has 9 nitrogen and oxygen atoms in total. The Labute approximate surface area is 178 Å². The highest BCUT2D eigenvalue weighted by atomic mass is 16.2. The molecule has 9 heteroatoms. The molecule has 31 heavy (non-hydrogen) atoms. The van der Waals surface area contributed by atoms with Gasteiger partial charge < -0.3 is 4.90 Å². The van der Waals surface area contributed by atoms with Crippen LogP contribution in [0.25, 0.3) is 16.9 Å². The molecule has 0 saturated carbocycles. The minimum Gasteiger partial charge on any atom is -0.339 e. The summed E-state index contributed by atoms with van der Waals surface area (Å²) < 4.78 is 3.13. The van der Waals surface area contributed by atoms with Crippen molar-refractivity contribution < 1.29 is 4.79 Å². The summed E-state index contributed by atoms with van der Waals surface area (Å²) in [6.07, 6.45) is 8.36. The first-order chi connectivity index (χ1) is 15.2. The fraction of sp³-hybridized carbons (Fsp3) is 0.273. The number of likely N-dealkylation sites (tertiary alicyclic amines) is 1.